The molecule has 0 spiro atoms. The minimum Gasteiger partial charge on any atom is -0.376 e. The largest absolute Gasteiger partial charge is 0.416 e. The van der Waals surface area contributed by atoms with Gasteiger partial charge in [0, 0.05) is 25.4 Å². The molecule has 35 heavy (non-hydrogen) atoms. The zero-order valence-electron chi connectivity index (χ0n) is 19.3. The first-order valence-electron chi connectivity index (χ1n) is 11.3. The second-order valence-electron chi connectivity index (χ2n) is 8.78. The molecule has 1 N–H and O–H groups in total. The van der Waals surface area contributed by atoms with Gasteiger partial charge in [0.05, 0.1) is 24.3 Å². The van der Waals surface area contributed by atoms with E-state index in [1.165, 1.54) is 0 Å². The van der Waals surface area contributed by atoms with Crippen molar-refractivity contribution in [3.05, 3.63) is 70.8 Å². The Bertz CT molecular complexity index is 940. The molecule has 192 valence electrons. The van der Waals surface area contributed by atoms with E-state index in [9.17, 15) is 31.1 Å². The van der Waals surface area contributed by atoms with Crippen molar-refractivity contribution in [3.63, 3.8) is 0 Å². The lowest BCUT2D eigenvalue weighted by atomic mass is 9.95. The molecule has 0 aliphatic carbocycles. The van der Waals surface area contributed by atoms with Gasteiger partial charge in [-0.05, 0) is 55.3 Å². The first-order valence-corrected chi connectivity index (χ1v) is 11.3. The Morgan fingerprint density at radius 1 is 1.00 bits per heavy atom. The van der Waals surface area contributed by atoms with Gasteiger partial charge in [0.25, 0.3) is 0 Å². The number of hydrogen-bond acceptors (Lipinski definition) is 3. The van der Waals surface area contributed by atoms with Gasteiger partial charge in [0.15, 0.2) is 0 Å². The molecule has 1 aliphatic heterocycles. The van der Waals surface area contributed by atoms with Crippen LogP contribution in [0.25, 0.3) is 0 Å². The molecule has 1 fully saturated rings. The van der Waals surface area contributed by atoms with Gasteiger partial charge in [-0.2, -0.15) is 26.3 Å². The first kappa shape index (κ1) is 27.0. The minimum absolute atomic E-state index is 0.0140. The van der Waals surface area contributed by atoms with Crippen molar-refractivity contribution in [1.29, 1.82) is 0 Å². The van der Waals surface area contributed by atoms with Crippen LogP contribution in [0.5, 0.6) is 0 Å². The molecule has 1 saturated heterocycles. The molecule has 2 aromatic carbocycles. The molecular weight excluding hydrogens is 474 g/mol. The fourth-order valence-corrected chi connectivity index (χ4v) is 4.20. The standard InChI is InChI=1S/C25H28F6N2O2/c1-33(23(34)19-7-9-32-10-8-19)14-20(18-5-3-2-4-6-18)16-35-15-17-11-21(24(26,27)28)13-22(12-17)25(29,30)31/h2-6,11-13,19-20,32H,7-10,14-16H2,1H3. The van der Waals surface area contributed by atoms with E-state index in [0.717, 1.165) is 31.5 Å². The molecule has 0 aromatic heterocycles. The van der Waals surface area contributed by atoms with Crippen LogP contribution in [0.3, 0.4) is 0 Å². The van der Waals surface area contributed by atoms with Crippen LogP contribution >= 0.6 is 0 Å². The van der Waals surface area contributed by atoms with E-state index in [1.807, 2.05) is 30.3 Å². The molecule has 2 aromatic rings. The highest BCUT2D eigenvalue weighted by molar-refractivity contribution is 5.78. The number of piperidine rings is 1. The summed E-state index contributed by atoms with van der Waals surface area (Å²) in [6.07, 6.45) is -8.35. The summed E-state index contributed by atoms with van der Waals surface area (Å²) in [5.41, 5.74) is -2.12. The van der Waals surface area contributed by atoms with Crippen LogP contribution in [0.2, 0.25) is 0 Å². The number of nitrogens with one attached hydrogen (secondary N) is 1. The molecule has 1 heterocycles. The third kappa shape index (κ3) is 7.70. The molecule has 3 rings (SSSR count). The Morgan fingerprint density at radius 2 is 1.57 bits per heavy atom. The molecule has 0 radical (unpaired) electrons. The second-order valence-corrected chi connectivity index (χ2v) is 8.78. The molecule has 1 unspecified atom stereocenters. The van der Waals surface area contributed by atoms with Gasteiger partial charge in [0.2, 0.25) is 5.91 Å². The van der Waals surface area contributed by atoms with E-state index in [0.29, 0.717) is 18.7 Å². The molecular formula is C25H28F6N2O2. The topological polar surface area (TPSA) is 41.6 Å². The number of likely N-dealkylation sites (N-methyl/N-ethyl adjacent to an activating group) is 1. The summed E-state index contributed by atoms with van der Waals surface area (Å²) < 4.78 is 84.4. The zero-order valence-corrected chi connectivity index (χ0v) is 19.3. The maximum Gasteiger partial charge on any atom is 0.416 e. The summed E-state index contributed by atoms with van der Waals surface area (Å²) in [5.74, 6) is -0.371. The van der Waals surface area contributed by atoms with E-state index in [-0.39, 0.29) is 36.0 Å². The van der Waals surface area contributed by atoms with Crippen LogP contribution in [-0.4, -0.2) is 44.1 Å². The summed E-state index contributed by atoms with van der Waals surface area (Å²) in [5, 5.41) is 3.21. The molecule has 0 bridgehead atoms. The summed E-state index contributed by atoms with van der Waals surface area (Å²) in [4.78, 5) is 14.5. The molecule has 4 nitrogen and oxygen atoms in total. The molecule has 0 saturated carbocycles. The number of benzene rings is 2. The van der Waals surface area contributed by atoms with Crippen LogP contribution < -0.4 is 5.32 Å². The molecule has 1 atom stereocenters. The number of alkyl halides is 6. The fraction of sp³-hybridized carbons (Fsp3) is 0.480. The highest BCUT2D eigenvalue weighted by Crippen LogP contribution is 2.36. The van der Waals surface area contributed by atoms with Crippen molar-refractivity contribution in [2.24, 2.45) is 5.92 Å². The SMILES string of the molecule is CN(CC(COCc1cc(C(F)(F)F)cc(C(F)(F)F)c1)c1ccccc1)C(=O)C1CCNCC1. The molecule has 10 heteroatoms. The Balaban J connectivity index is 1.72. The summed E-state index contributed by atoms with van der Waals surface area (Å²) in [6, 6.07) is 10.6. The minimum atomic E-state index is -4.92. The van der Waals surface area contributed by atoms with Gasteiger partial charge in [-0.3, -0.25) is 4.79 Å². The van der Waals surface area contributed by atoms with Gasteiger partial charge in [-0.25, -0.2) is 0 Å². The molecule has 1 amide bonds. The Kier molecular flexibility index (Phi) is 8.82. The number of nitrogens with zero attached hydrogens (tertiary/aromatic N) is 1. The van der Waals surface area contributed by atoms with E-state index in [1.54, 1.807) is 11.9 Å². The number of hydrogen-bond donors (Lipinski definition) is 1. The van der Waals surface area contributed by atoms with E-state index < -0.39 is 30.1 Å². The maximum atomic E-state index is 13.1. The number of rotatable bonds is 8. The highest BCUT2D eigenvalue weighted by Gasteiger charge is 2.37. The molecule has 1 aliphatic rings. The van der Waals surface area contributed by atoms with Gasteiger partial charge in [-0.15, -0.1) is 0 Å². The van der Waals surface area contributed by atoms with Gasteiger partial charge >= 0.3 is 12.4 Å². The van der Waals surface area contributed by atoms with Crippen molar-refractivity contribution >= 4 is 5.91 Å². The Labute approximate surface area is 200 Å². The third-order valence-electron chi connectivity index (χ3n) is 6.07. The third-order valence-corrected chi connectivity index (χ3v) is 6.07. The Hall–Kier alpha value is -2.59. The lowest BCUT2D eigenvalue weighted by Crippen LogP contribution is -2.41. The van der Waals surface area contributed by atoms with Crippen LogP contribution in [-0.2, 0) is 28.5 Å². The van der Waals surface area contributed by atoms with Gasteiger partial charge in [0.1, 0.15) is 0 Å². The predicted octanol–water partition coefficient (Wildman–Crippen LogP) is 5.48. The average Bonchev–Trinajstić information content (AvgIpc) is 2.82. The highest BCUT2D eigenvalue weighted by atomic mass is 19.4. The van der Waals surface area contributed by atoms with Crippen LogP contribution in [0.1, 0.15) is 41.0 Å². The van der Waals surface area contributed by atoms with Crippen LogP contribution in [0.15, 0.2) is 48.5 Å². The lowest BCUT2D eigenvalue weighted by molar-refractivity contribution is -0.143. The lowest BCUT2D eigenvalue weighted by Gasteiger charge is -2.30. The van der Waals surface area contributed by atoms with Crippen molar-refractivity contribution in [2.75, 3.05) is 33.3 Å². The maximum absolute atomic E-state index is 13.1. The average molecular weight is 502 g/mol. The van der Waals surface area contributed by atoms with Crippen molar-refractivity contribution < 1.29 is 35.9 Å². The summed E-state index contributed by atoms with van der Waals surface area (Å²) >= 11 is 0. The van der Waals surface area contributed by atoms with Crippen molar-refractivity contribution in [2.45, 2.75) is 37.7 Å². The normalized spacial score (nSPS) is 16.2. The van der Waals surface area contributed by atoms with Gasteiger partial charge < -0.3 is 15.0 Å². The number of amides is 1. The second kappa shape index (κ2) is 11.4. The Morgan fingerprint density at radius 3 is 2.11 bits per heavy atom. The van der Waals surface area contributed by atoms with E-state index in [2.05, 4.69) is 5.32 Å². The van der Waals surface area contributed by atoms with Gasteiger partial charge in [-0.1, -0.05) is 30.3 Å². The quantitative estimate of drug-likeness (QED) is 0.486. The first-order chi connectivity index (χ1) is 16.4. The van der Waals surface area contributed by atoms with Crippen molar-refractivity contribution in [3.8, 4) is 0 Å². The fourth-order valence-electron chi connectivity index (χ4n) is 4.20. The summed E-state index contributed by atoms with van der Waals surface area (Å²) in [7, 11) is 1.70. The number of carbonyl (C=O) groups excluding carboxylic acids is 1. The van der Waals surface area contributed by atoms with E-state index in [4.69, 9.17) is 4.74 Å². The predicted molar refractivity (Wildman–Crippen MR) is 119 cm³/mol. The van der Waals surface area contributed by atoms with Crippen molar-refractivity contribution in [1.82, 2.24) is 10.2 Å². The zero-order chi connectivity index (χ0) is 25.6. The monoisotopic (exact) mass is 502 g/mol. The van der Waals surface area contributed by atoms with E-state index >= 15 is 0 Å². The number of ether oxygens (including phenoxy) is 1. The van der Waals surface area contributed by atoms with Crippen LogP contribution in [0, 0.1) is 5.92 Å². The smallest absolute Gasteiger partial charge is 0.376 e. The summed E-state index contributed by atoms with van der Waals surface area (Å²) in [6.45, 7) is 1.44. The van der Waals surface area contributed by atoms with Crippen LogP contribution in [0.4, 0.5) is 26.3 Å². The number of carbonyl (C=O) groups is 1. The number of halogens is 6.